The molecule has 0 atom stereocenters. The molecule has 0 saturated heterocycles. The zero-order valence-electron chi connectivity index (χ0n) is 13.0. The monoisotopic (exact) mass is 273 g/mol. The Balaban J connectivity index is 1.74. The van der Waals surface area contributed by atoms with Crippen LogP contribution >= 0.6 is 0 Å². The van der Waals surface area contributed by atoms with Gasteiger partial charge in [-0.15, -0.1) is 0 Å². The van der Waals surface area contributed by atoms with E-state index >= 15 is 0 Å². The molecule has 110 valence electrons. The minimum Gasteiger partial charge on any atom is -0.315 e. The highest BCUT2D eigenvalue weighted by atomic mass is 16.2. The molecule has 1 heterocycles. The summed E-state index contributed by atoms with van der Waals surface area (Å²) in [7, 11) is 0. The van der Waals surface area contributed by atoms with Crippen LogP contribution in [-0.4, -0.2) is 17.4 Å². The van der Waals surface area contributed by atoms with Crippen LogP contribution < -0.4 is 0 Å². The van der Waals surface area contributed by atoms with Gasteiger partial charge in [0.15, 0.2) is 0 Å². The number of carbonyl (C=O) groups excluding carboxylic acids is 1. The van der Waals surface area contributed by atoms with Gasteiger partial charge in [0, 0.05) is 12.2 Å². The molecule has 1 aliphatic heterocycles. The van der Waals surface area contributed by atoms with Gasteiger partial charge in [0.1, 0.15) is 0 Å². The Labute approximate surface area is 122 Å². The summed E-state index contributed by atoms with van der Waals surface area (Å²) < 4.78 is 0. The van der Waals surface area contributed by atoms with Gasteiger partial charge in [-0.2, -0.15) is 0 Å². The van der Waals surface area contributed by atoms with Gasteiger partial charge in [-0.25, -0.2) is 0 Å². The number of amides is 1. The predicted octanol–water partition coefficient (Wildman–Crippen LogP) is 4.57. The van der Waals surface area contributed by atoms with Crippen LogP contribution in [0.4, 0.5) is 0 Å². The zero-order chi connectivity index (χ0) is 14.2. The highest BCUT2D eigenvalue weighted by Gasteiger charge is 2.45. The standard InChI is InChI=1S/C18H27NO/c1-18(2)15-10-6-7-11-16(15)19(17(18)20)13-12-14-8-4-3-5-9-14/h8H,3-7,9-13H2,1-2H3. The van der Waals surface area contributed by atoms with Crippen molar-refractivity contribution in [3.8, 4) is 0 Å². The summed E-state index contributed by atoms with van der Waals surface area (Å²) in [4.78, 5) is 14.9. The quantitative estimate of drug-likeness (QED) is 0.690. The van der Waals surface area contributed by atoms with E-state index in [4.69, 9.17) is 0 Å². The van der Waals surface area contributed by atoms with E-state index in [0.717, 1.165) is 25.8 Å². The van der Waals surface area contributed by atoms with Crippen molar-refractivity contribution in [2.75, 3.05) is 6.54 Å². The first-order valence-electron chi connectivity index (χ1n) is 8.33. The lowest BCUT2D eigenvalue weighted by molar-refractivity contribution is -0.134. The van der Waals surface area contributed by atoms with Crippen molar-refractivity contribution < 1.29 is 4.79 Å². The van der Waals surface area contributed by atoms with Gasteiger partial charge < -0.3 is 4.90 Å². The number of carbonyl (C=O) groups is 1. The third-order valence-corrected chi connectivity index (χ3v) is 5.34. The lowest BCUT2D eigenvalue weighted by Crippen LogP contribution is -2.34. The van der Waals surface area contributed by atoms with Crippen molar-refractivity contribution in [1.82, 2.24) is 4.90 Å². The number of rotatable bonds is 3. The molecule has 0 aromatic rings. The average molecular weight is 273 g/mol. The fraction of sp³-hybridized carbons (Fsp3) is 0.722. The van der Waals surface area contributed by atoms with Crippen molar-refractivity contribution in [3.05, 3.63) is 22.9 Å². The van der Waals surface area contributed by atoms with Crippen molar-refractivity contribution in [2.45, 2.75) is 71.6 Å². The number of nitrogens with zero attached hydrogens (tertiary/aromatic N) is 1. The molecule has 20 heavy (non-hydrogen) atoms. The van der Waals surface area contributed by atoms with E-state index in [2.05, 4.69) is 24.8 Å². The van der Waals surface area contributed by atoms with Crippen LogP contribution in [0.5, 0.6) is 0 Å². The highest BCUT2D eigenvalue weighted by Crippen LogP contribution is 2.46. The maximum Gasteiger partial charge on any atom is 0.236 e. The van der Waals surface area contributed by atoms with Crippen LogP contribution in [0.3, 0.4) is 0 Å². The first-order chi connectivity index (χ1) is 9.60. The Morgan fingerprint density at radius 3 is 2.60 bits per heavy atom. The molecule has 0 aromatic heterocycles. The smallest absolute Gasteiger partial charge is 0.236 e. The Morgan fingerprint density at radius 2 is 1.85 bits per heavy atom. The first kappa shape index (κ1) is 13.9. The van der Waals surface area contributed by atoms with E-state index in [9.17, 15) is 4.79 Å². The average Bonchev–Trinajstić information content (AvgIpc) is 2.67. The van der Waals surface area contributed by atoms with Crippen LogP contribution in [0.15, 0.2) is 22.9 Å². The molecule has 3 aliphatic rings. The topological polar surface area (TPSA) is 20.3 Å². The summed E-state index contributed by atoms with van der Waals surface area (Å²) >= 11 is 0. The molecule has 0 bridgehead atoms. The molecular formula is C18H27NO. The van der Waals surface area contributed by atoms with Crippen LogP contribution in [-0.2, 0) is 4.79 Å². The molecule has 1 amide bonds. The third kappa shape index (κ3) is 2.34. The minimum atomic E-state index is -0.239. The Kier molecular flexibility index (Phi) is 3.74. The minimum absolute atomic E-state index is 0.239. The Morgan fingerprint density at radius 1 is 1.10 bits per heavy atom. The van der Waals surface area contributed by atoms with Crippen molar-refractivity contribution in [3.63, 3.8) is 0 Å². The number of hydrogen-bond donors (Lipinski definition) is 0. The molecule has 0 radical (unpaired) electrons. The summed E-state index contributed by atoms with van der Waals surface area (Å²) in [6.45, 7) is 5.15. The van der Waals surface area contributed by atoms with Crippen molar-refractivity contribution >= 4 is 5.91 Å². The zero-order valence-corrected chi connectivity index (χ0v) is 13.0. The van der Waals surface area contributed by atoms with Crippen molar-refractivity contribution in [1.29, 1.82) is 0 Å². The lowest BCUT2D eigenvalue weighted by Gasteiger charge is -2.24. The highest BCUT2D eigenvalue weighted by molar-refractivity contribution is 5.90. The lowest BCUT2D eigenvalue weighted by atomic mass is 9.80. The van der Waals surface area contributed by atoms with Crippen LogP contribution in [0, 0.1) is 5.41 Å². The molecule has 0 saturated carbocycles. The van der Waals surface area contributed by atoms with Gasteiger partial charge in [-0.1, -0.05) is 11.6 Å². The SMILES string of the molecule is CC1(C)C(=O)N(CCC2=CCCCC2)C2=C1CCCC2. The summed E-state index contributed by atoms with van der Waals surface area (Å²) in [5.74, 6) is 0.348. The fourth-order valence-electron chi connectivity index (χ4n) is 4.07. The van der Waals surface area contributed by atoms with Gasteiger partial charge >= 0.3 is 0 Å². The predicted molar refractivity (Wildman–Crippen MR) is 82.2 cm³/mol. The van der Waals surface area contributed by atoms with E-state index in [1.54, 1.807) is 5.57 Å². The van der Waals surface area contributed by atoms with E-state index in [0.29, 0.717) is 5.91 Å². The first-order valence-corrected chi connectivity index (χ1v) is 8.33. The summed E-state index contributed by atoms with van der Waals surface area (Å²) in [6, 6.07) is 0. The molecule has 3 rings (SSSR count). The molecule has 0 spiro atoms. The second kappa shape index (κ2) is 5.38. The van der Waals surface area contributed by atoms with Gasteiger partial charge in [0.2, 0.25) is 5.91 Å². The summed E-state index contributed by atoms with van der Waals surface area (Å²) in [6.07, 6.45) is 13.4. The van der Waals surface area contributed by atoms with E-state index in [1.807, 2.05) is 0 Å². The fourth-order valence-corrected chi connectivity index (χ4v) is 4.07. The molecular weight excluding hydrogens is 246 g/mol. The molecule has 0 N–H and O–H groups in total. The largest absolute Gasteiger partial charge is 0.315 e. The van der Waals surface area contributed by atoms with Gasteiger partial charge in [0.25, 0.3) is 0 Å². The van der Waals surface area contributed by atoms with Crippen LogP contribution in [0.25, 0.3) is 0 Å². The number of hydrogen-bond acceptors (Lipinski definition) is 1. The van der Waals surface area contributed by atoms with Gasteiger partial charge in [0.05, 0.1) is 5.41 Å². The molecule has 2 nitrogen and oxygen atoms in total. The Bertz CT molecular complexity index is 470. The molecule has 0 fully saturated rings. The van der Waals surface area contributed by atoms with E-state index < -0.39 is 0 Å². The summed E-state index contributed by atoms with van der Waals surface area (Å²) in [5, 5.41) is 0. The Hall–Kier alpha value is -1.05. The van der Waals surface area contributed by atoms with E-state index in [1.165, 1.54) is 49.8 Å². The van der Waals surface area contributed by atoms with Gasteiger partial charge in [-0.3, -0.25) is 4.79 Å². The maximum absolute atomic E-state index is 12.7. The molecule has 0 aromatic carbocycles. The maximum atomic E-state index is 12.7. The van der Waals surface area contributed by atoms with E-state index in [-0.39, 0.29) is 5.41 Å². The molecule has 2 aliphatic carbocycles. The van der Waals surface area contributed by atoms with Crippen LogP contribution in [0.2, 0.25) is 0 Å². The van der Waals surface area contributed by atoms with Crippen LogP contribution in [0.1, 0.15) is 71.6 Å². The molecule has 0 unspecified atom stereocenters. The molecule has 2 heteroatoms. The van der Waals surface area contributed by atoms with Gasteiger partial charge in [-0.05, 0) is 77.2 Å². The second-order valence-corrected chi connectivity index (χ2v) is 7.07. The third-order valence-electron chi connectivity index (χ3n) is 5.34. The number of allylic oxidation sites excluding steroid dienone is 2. The summed E-state index contributed by atoms with van der Waals surface area (Å²) in [5.41, 5.74) is 4.15. The second-order valence-electron chi connectivity index (χ2n) is 7.07. The normalized spacial score (nSPS) is 25.8. The van der Waals surface area contributed by atoms with Crippen molar-refractivity contribution in [2.24, 2.45) is 5.41 Å².